The van der Waals surface area contributed by atoms with Gasteiger partial charge in [0.15, 0.2) is 11.6 Å². The van der Waals surface area contributed by atoms with Crippen LogP contribution in [0.3, 0.4) is 0 Å². The largest absolute Gasteiger partial charge is 0.497 e. The molecule has 7 heteroatoms. The lowest BCUT2D eigenvalue weighted by Crippen LogP contribution is -2.15. The molecule has 3 N–H and O–H groups in total. The Morgan fingerprint density at radius 2 is 2.20 bits per heavy atom. The van der Waals surface area contributed by atoms with Crippen molar-refractivity contribution in [2.24, 2.45) is 0 Å². The van der Waals surface area contributed by atoms with Gasteiger partial charge in [0.2, 0.25) is 0 Å². The first-order chi connectivity index (χ1) is 9.52. The molecule has 0 unspecified atom stereocenters. The molecule has 0 saturated heterocycles. The third-order valence-electron chi connectivity index (χ3n) is 2.58. The van der Waals surface area contributed by atoms with Gasteiger partial charge < -0.3 is 15.8 Å². The van der Waals surface area contributed by atoms with E-state index in [1.807, 2.05) is 0 Å². The van der Waals surface area contributed by atoms with E-state index in [0.29, 0.717) is 16.5 Å². The molecule has 0 saturated carbocycles. The molecular formula is C13H11ClFN3O2. The van der Waals surface area contributed by atoms with Gasteiger partial charge in [-0.2, -0.15) is 0 Å². The van der Waals surface area contributed by atoms with Crippen LogP contribution in [0.1, 0.15) is 10.4 Å². The number of nitrogen functional groups attached to an aromatic ring is 1. The van der Waals surface area contributed by atoms with Crippen LogP contribution in [0, 0.1) is 5.82 Å². The molecule has 1 aromatic heterocycles. The fourth-order valence-corrected chi connectivity index (χ4v) is 1.72. The molecule has 1 aromatic carbocycles. The minimum absolute atomic E-state index is 0.212. The van der Waals surface area contributed by atoms with Crippen LogP contribution in [0.2, 0.25) is 5.02 Å². The smallest absolute Gasteiger partial charge is 0.258 e. The van der Waals surface area contributed by atoms with E-state index in [2.05, 4.69) is 10.3 Å². The molecule has 0 fully saturated rings. The number of anilines is 2. The molecule has 104 valence electrons. The maximum Gasteiger partial charge on any atom is 0.258 e. The highest BCUT2D eigenvalue weighted by molar-refractivity contribution is 6.34. The molecule has 5 nitrogen and oxygen atoms in total. The fourth-order valence-electron chi connectivity index (χ4n) is 1.55. The lowest BCUT2D eigenvalue weighted by atomic mass is 10.2. The van der Waals surface area contributed by atoms with Crippen molar-refractivity contribution in [1.82, 2.24) is 4.98 Å². The van der Waals surface area contributed by atoms with E-state index in [4.69, 9.17) is 22.1 Å². The number of nitrogens with one attached hydrogen (secondary N) is 1. The normalized spacial score (nSPS) is 10.2. The van der Waals surface area contributed by atoms with E-state index < -0.39 is 11.7 Å². The number of hydrogen-bond acceptors (Lipinski definition) is 4. The molecule has 0 atom stereocenters. The van der Waals surface area contributed by atoms with Gasteiger partial charge in [-0.1, -0.05) is 11.6 Å². The van der Waals surface area contributed by atoms with E-state index in [1.165, 1.54) is 25.4 Å². The van der Waals surface area contributed by atoms with Crippen LogP contribution in [0.25, 0.3) is 0 Å². The predicted molar refractivity (Wildman–Crippen MR) is 74.6 cm³/mol. The summed E-state index contributed by atoms with van der Waals surface area (Å²) in [6.07, 6.45) is 1.25. The van der Waals surface area contributed by atoms with Crippen molar-refractivity contribution in [2.75, 3.05) is 18.2 Å². The zero-order valence-electron chi connectivity index (χ0n) is 10.5. The Morgan fingerprint density at radius 1 is 1.45 bits per heavy atom. The lowest BCUT2D eigenvalue weighted by molar-refractivity contribution is 0.102. The molecule has 0 aliphatic carbocycles. The lowest BCUT2D eigenvalue weighted by Gasteiger charge is -2.10. The van der Waals surface area contributed by atoms with Crippen LogP contribution < -0.4 is 15.8 Å². The number of pyridine rings is 1. The molecule has 0 radical (unpaired) electrons. The standard InChI is InChI=1S/C13H11ClFN3O2/c1-20-7-2-3-9(14)10(6-7)18-13(19)8-4-5-17-12(16)11(8)15/h2-6H,1H3,(H2,16,17)(H,18,19). The van der Waals surface area contributed by atoms with Gasteiger partial charge in [-0.25, -0.2) is 9.37 Å². The molecule has 0 spiro atoms. The quantitative estimate of drug-likeness (QED) is 0.912. The number of hydrogen-bond donors (Lipinski definition) is 2. The summed E-state index contributed by atoms with van der Waals surface area (Å²) in [6, 6.07) is 5.97. The first kappa shape index (κ1) is 14.1. The van der Waals surface area contributed by atoms with Crippen molar-refractivity contribution in [3.63, 3.8) is 0 Å². The van der Waals surface area contributed by atoms with Crippen LogP contribution in [0.15, 0.2) is 30.5 Å². The average Bonchev–Trinajstić information content (AvgIpc) is 2.44. The van der Waals surface area contributed by atoms with E-state index in [1.54, 1.807) is 12.1 Å². The number of benzene rings is 1. The van der Waals surface area contributed by atoms with Gasteiger partial charge in [0.1, 0.15) is 5.75 Å². The number of halogens is 2. The Balaban J connectivity index is 2.30. The zero-order valence-corrected chi connectivity index (χ0v) is 11.2. The highest BCUT2D eigenvalue weighted by Gasteiger charge is 2.16. The molecule has 0 aliphatic rings. The Kier molecular flexibility index (Phi) is 4.05. The van der Waals surface area contributed by atoms with Crippen LogP contribution in [-0.4, -0.2) is 18.0 Å². The molecule has 2 aromatic rings. The second-order valence-corrected chi connectivity index (χ2v) is 4.26. The van der Waals surface area contributed by atoms with Gasteiger partial charge >= 0.3 is 0 Å². The van der Waals surface area contributed by atoms with Gasteiger partial charge in [0, 0.05) is 12.3 Å². The predicted octanol–water partition coefficient (Wildman–Crippen LogP) is 2.72. The summed E-state index contributed by atoms with van der Waals surface area (Å²) in [5, 5.41) is 2.80. The van der Waals surface area contributed by atoms with Crippen molar-refractivity contribution in [3.05, 3.63) is 46.9 Å². The van der Waals surface area contributed by atoms with Crippen molar-refractivity contribution in [2.45, 2.75) is 0 Å². The number of rotatable bonds is 3. The number of nitrogens with zero attached hydrogens (tertiary/aromatic N) is 1. The maximum atomic E-state index is 13.7. The van der Waals surface area contributed by atoms with Gasteiger partial charge in [-0.05, 0) is 18.2 Å². The first-order valence-electron chi connectivity index (χ1n) is 5.57. The van der Waals surface area contributed by atoms with E-state index in [9.17, 15) is 9.18 Å². The molecular weight excluding hydrogens is 285 g/mol. The third kappa shape index (κ3) is 2.80. The van der Waals surface area contributed by atoms with Gasteiger partial charge in [0.05, 0.1) is 23.4 Å². The van der Waals surface area contributed by atoms with Crippen LogP contribution >= 0.6 is 11.6 Å². The SMILES string of the molecule is COc1ccc(Cl)c(NC(=O)c2ccnc(N)c2F)c1. The topological polar surface area (TPSA) is 77.2 Å². The summed E-state index contributed by atoms with van der Waals surface area (Å²) in [7, 11) is 1.48. The summed E-state index contributed by atoms with van der Waals surface area (Å²) in [5.74, 6) is -1.37. The Hall–Kier alpha value is -2.34. The number of ether oxygens (including phenoxy) is 1. The number of carbonyl (C=O) groups excluding carboxylic acids is 1. The van der Waals surface area contributed by atoms with Crippen molar-refractivity contribution in [1.29, 1.82) is 0 Å². The first-order valence-corrected chi connectivity index (χ1v) is 5.95. The summed E-state index contributed by atoms with van der Waals surface area (Å²) in [4.78, 5) is 15.6. The van der Waals surface area contributed by atoms with Crippen molar-refractivity contribution >= 4 is 29.0 Å². The van der Waals surface area contributed by atoms with E-state index in [-0.39, 0.29) is 11.4 Å². The molecule has 20 heavy (non-hydrogen) atoms. The molecule has 1 amide bonds. The Morgan fingerprint density at radius 3 is 2.90 bits per heavy atom. The molecule has 0 aliphatic heterocycles. The maximum absolute atomic E-state index is 13.7. The number of aromatic nitrogens is 1. The second kappa shape index (κ2) is 5.75. The Labute approximate surface area is 119 Å². The second-order valence-electron chi connectivity index (χ2n) is 3.86. The summed E-state index contributed by atoms with van der Waals surface area (Å²) in [6.45, 7) is 0. The van der Waals surface area contributed by atoms with E-state index in [0.717, 1.165) is 0 Å². The summed E-state index contributed by atoms with van der Waals surface area (Å²) < 4.78 is 18.7. The molecule has 0 bridgehead atoms. The average molecular weight is 296 g/mol. The van der Waals surface area contributed by atoms with Gasteiger partial charge in [-0.15, -0.1) is 0 Å². The highest BCUT2D eigenvalue weighted by Crippen LogP contribution is 2.27. The zero-order chi connectivity index (χ0) is 14.7. The van der Waals surface area contributed by atoms with Crippen LogP contribution in [-0.2, 0) is 0 Å². The van der Waals surface area contributed by atoms with Gasteiger partial charge in [0.25, 0.3) is 5.91 Å². The highest BCUT2D eigenvalue weighted by atomic mass is 35.5. The number of methoxy groups -OCH3 is 1. The van der Waals surface area contributed by atoms with Crippen molar-refractivity contribution < 1.29 is 13.9 Å². The number of amides is 1. The van der Waals surface area contributed by atoms with Gasteiger partial charge in [-0.3, -0.25) is 4.79 Å². The summed E-state index contributed by atoms with van der Waals surface area (Å²) in [5.41, 5.74) is 5.41. The number of nitrogens with two attached hydrogens (primary N) is 1. The fraction of sp³-hybridized carbons (Fsp3) is 0.0769. The van der Waals surface area contributed by atoms with E-state index >= 15 is 0 Å². The Bertz CT molecular complexity index is 664. The molecule has 1 heterocycles. The number of carbonyl (C=O) groups is 1. The van der Waals surface area contributed by atoms with Crippen LogP contribution in [0.5, 0.6) is 5.75 Å². The monoisotopic (exact) mass is 295 g/mol. The minimum Gasteiger partial charge on any atom is -0.497 e. The van der Waals surface area contributed by atoms with Crippen LogP contribution in [0.4, 0.5) is 15.9 Å². The third-order valence-corrected chi connectivity index (χ3v) is 2.91. The minimum atomic E-state index is -0.871. The summed E-state index contributed by atoms with van der Waals surface area (Å²) >= 11 is 5.95. The van der Waals surface area contributed by atoms with Crippen molar-refractivity contribution in [3.8, 4) is 5.75 Å². The molecule has 2 rings (SSSR count).